The van der Waals surface area contributed by atoms with Crippen LogP contribution in [0.1, 0.15) is 23.5 Å². The van der Waals surface area contributed by atoms with E-state index in [2.05, 4.69) is 0 Å². The molecular formula is C11H16N2O2S. The third-order valence-corrected chi connectivity index (χ3v) is 3.51. The summed E-state index contributed by atoms with van der Waals surface area (Å²) in [4.78, 5) is 14.6. The van der Waals surface area contributed by atoms with Crippen LogP contribution >= 0.6 is 11.3 Å². The smallest absolute Gasteiger partial charge is 0.266 e. The number of nitrogens with two attached hydrogens (primary N) is 1. The second-order valence-electron chi connectivity index (χ2n) is 4.17. The van der Waals surface area contributed by atoms with E-state index in [4.69, 9.17) is 10.5 Å². The van der Waals surface area contributed by atoms with Crippen molar-refractivity contribution in [3.63, 3.8) is 0 Å². The van der Waals surface area contributed by atoms with Crippen LogP contribution in [0.15, 0.2) is 11.4 Å². The molecule has 0 unspecified atom stereocenters. The fourth-order valence-electron chi connectivity index (χ4n) is 1.98. The molecule has 88 valence electrons. The molecule has 1 aromatic rings. The molecule has 0 aromatic carbocycles. The van der Waals surface area contributed by atoms with Crippen LogP contribution in [0.25, 0.3) is 0 Å². The molecule has 1 saturated heterocycles. The van der Waals surface area contributed by atoms with E-state index in [0.717, 1.165) is 0 Å². The standard InChI is InChI=1S/C11H16N2O2S/c1-7-5-13(6-8(2)15-7)11(14)10-9(12)3-4-16-10/h3-4,7-8H,5-6,12H2,1-2H3/t7-,8+. The van der Waals surface area contributed by atoms with Crippen molar-refractivity contribution in [2.24, 2.45) is 0 Å². The predicted octanol–water partition coefficient (Wildman–Crippen LogP) is 1.58. The van der Waals surface area contributed by atoms with Gasteiger partial charge in [-0.1, -0.05) is 0 Å². The average Bonchev–Trinajstić information content (AvgIpc) is 2.62. The summed E-state index contributed by atoms with van der Waals surface area (Å²) in [6.45, 7) is 5.24. The molecule has 2 atom stereocenters. The second-order valence-corrected chi connectivity index (χ2v) is 5.09. The first-order valence-corrected chi connectivity index (χ1v) is 6.23. The highest BCUT2D eigenvalue weighted by Gasteiger charge is 2.27. The Kier molecular flexibility index (Phi) is 3.16. The number of anilines is 1. The number of nitrogen functional groups attached to an aromatic ring is 1. The Morgan fingerprint density at radius 2 is 2.12 bits per heavy atom. The van der Waals surface area contributed by atoms with Crippen LogP contribution < -0.4 is 5.73 Å². The van der Waals surface area contributed by atoms with Gasteiger partial charge in [-0.3, -0.25) is 4.79 Å². The summed E-state index contributed by atoms with van der Waals surface area (Å²) in [5.41, 5.74) is 6.32. The van der Waals surface area contributed by atoms with Gasteiger partial charge in [0.25, 0.3) is 5.91 Å². The number of carbonyl (C=O) groups excluding carboxylic acids is 1. The Balaban J connectivity index is 2.13. The van der Waals surface area contributed by atoms with Crippen LogP contribution in [0.2, 0.25) is 0 Å². The van der Waals surface area contributed by atoms with Crippen LogP contribution in [0.5, 0.6) is 0 Å². The molecule has 2 heterocycles. The van der Waals surface area contributed by atoms with Gasteiger partial charge in [-0.2, -0.15) is 0 Å². The lowest BCUT2D eigenvalue weighted by atomic mass is 10.2. The van der Waals surface area contributed by atoms with Crippen LogP contribution in [-0.2, 0) is 4.74 Å². The molecular weight excluding hydrogens is 224 g/mol. The fourth-order valence-corrected chi connectivity index (χ4v) is 2.77. The fraction of sp³-hybridized carbons (Fsp3) is 0.545. The molecule has 1 fully saturated rings. The number of morpholine rings is 1. The van der Waals surface area contributed by atoms with Gasteiger partial charge in [-0.25, -0.2) is 0 Å². The van der Waals surface area contributed by atoms with E-state index >= 15 is 0 Å². The Bertz CT molecular complexity index is 381. The highest BCUT2D eigenvalue weighted by Crippen LogP contribution is 2.22. The maximum absolute atomic E-state index is 12.2. The minimum Gasteiger partial charge on any atom is -0.397 e. The topological polar surface area (TPSA) is 55.6 Å². The first-order valence-electron chi connectivity index (χ1n) is 5.35. The van der Waals surface area contributed by atoms with Crippen molar-refractivity contribution in [1.82, 2.24) is 4.90 Å². The highest BCUT2D eigenvalue weighted by atomic mass is 32.1. The van der Waals surface area contributed by atoms with Gasteiger partial charge in [0.1, 0.15) is 4.88 Å². The van der Waals surface area contributed by atoms with Gasteiger partial charge in [0.15, 0.2) is 0 Å². The molecule has 0 saturated carbocycles. The van der Waals surface area contributed by atoms with Crippen molar-refractivity contribution in [3.8, 4) is 0 Å². The van der Waals surface area contributed by atoms with Crippen LogP contribution in [0.4, 0.5) is 5.69 Å². The number of thiophene rings is 1. The Morgan fingerprint density at radius 3 is 2.62 bits per heavy atom. The lowest BCUT2D eigenvalue weighted by Gasteiger charge is -2.35. The predicted molar refractivity (Wildman–Crippen MR) is 64.6 cm³/mol. The highest BCUT2D eigenvalue weighted by molar-refractivity contribution is 7.12. The molecule has 2 N–H and O–H groups in total. The van der Waals surface area contributed by atoms with E-state index in [1.165, 1.54) is 11.3 Å². The summed E-state index contributed by atoms with van der Waals surface area (Å²) in [6, 6.07) is 1.77. The molecule has 2 rings (SSSR count). The van der Waals surface area contributed by atoms with Crippen molar-refractivity contribution >= 4 is 22.9 Å². The van der Waals surface area contributed by atoms with Crippen molar-refractivity contribution in [3.05, 3.63) is 16.3 Å². The van der Waals surface area contributed by atoms with Gasteiger partial charge in [0.05, 0.1) is 17.9 Å². The first-order chi connectivity index (χ1) is 7.58. The minimum absolute atomic E-state index is 0.0227. The van der Waals surface area contributed by atoms with Gasteiger partial charge in [-0.05, 0) is 25.3 Å². The number of ether oxygens (including phenoxy) is 1. The van der Waals surface area contributed by atoms with E-state index in [1.54, 1.807) is 6.07 Å². The molecule has 1 aliphatic rings. The molecule has 0 spiro atoms. The van der Waals surface area contributed by atoms with E-state index in [-0.39, 0.29) is 18.1 Å². The van der Waals surface area contributed by atoms with Crippen molar-refractivity contribution in [2.75, 3.05) is 18.8 Å². The van der Waals surface area contributed by atoms with Crippen LogP contribution in [0, 0.1) is 0 Å². The first kappa shape index (κ1) is 11.4. The monoisotopic (exact) mass is 240 g/mol. The van der Waals surface area contributed by atoms with Crippen molar-refractivity contribution < 1.29 is 9.53 Å². The SMILES string of the molecule is C[C@@H]1CN(C(=O)c2sccc2N)C[C@H](C)O1. The summed E-state index contributed by atoms with van der Waals surface area (Å²) in [6.07, 6.45) is 0.183. The van der Waals surface area contributed by atoms with Gasteiger partial charge in [0, 0.05) is 13.1 Å². The maximum Gasteiger partial charge on any atom is 0.266 e. The molecule has 16 heavy (non-hydrogen) atoms. The molecule has 5 heteroatoms. The molecule has 0 aliphatic carbocycles. The van der Waals surface area contributed by atoms with Crippen molar-refractivity contribution in [1.29, 1.82) is 0 Å². The molecule has 1 amide bonds. The summed E-state index contributed by atoms with van der Waals surface area (Å²) in [7, 11) is 0. The Labute approximate surface area is 99.0 Å². The third kappa shape index (κ3) is 2.20. The third-order valence-electron chi connectivity index (χ3n) is 2.60. The zero-order valence-electron chi connectivity index (χ0n) is 9.47. The lowest BCUT2D eigenvalue weighted by Crippen LogP contribution is -2.48. The number of nitrogens with zero attached hydrogens (tertiary/aromatic N) is 1. The van der Waals surface area contributed by atoms with Gasteiger partial charge >= 0.3 is 0 Å². The lowest BCUT2D eigenvalue weighted by molar-refractivity contribution is -0.0584. The zero-order valence-corrected chi connectivity index (χ0v) is 10.3. The summed E-state index contributed by atoms with van der Waals surface area (Å²) >= 11 is 1.40. The minimum atomic E-state index is 0.0227. The van der Waals surface area contributed by atoms with Gasteiger partial charge in [0.2, 0.25) is 0 Å². The zero-order chi connectivity index (χ0) is 11.7. The maximum atomic E-state index is 12.2. The molecule has 0 bridgehead atoms. The quantitative estimate of drug-likeness (QED) is 0.811. The van der Waals surface area contributed by atoms with Crippen LogP contribution in [0.3, 0.4) is 0 Å². The molecule has 1 aliphatic heterocycles. The number of hydrogen-bond donors (Lipinski definition) is 1. The van der Waals surface area contributed by atoms with Crippen molar-refractivity contribution in [2.45, 2.75) is 26.1 Å². The van der Waals surface area contributed by atoms with E-state index in [1.807, 2.05) is 24.1 Å². The summed E-state index contributed by atoms with van der Waals surface area (Å²) in [5, 5.41) is 1.84. The van der Waals surface area contributed by atoms with Gasteiger partial charge < -0.3 is 15.4 Å². The molecule has 1 aromatic heterocycles. The number of carbonyl (C=O) groups is 1. The number of hydrogen-bond acceptors (Lipinski definition) is 4. The largest absolute Gasteiger partial charge is 0.397 e. The summed E-state index contributed by atoms with van der Waals surface area (Å²) in [5.74, 6) is 0.0227. The number of amides is 1. The second kappa shape index (κ2) is 4.43. The average molecular weight is 240 g/mol. The van der Waals surface area contributed by atoms with E-state index < -0.39 is 0 Å². The number of rotatable bonds is 1. The van der Waals surface area contributed by atoms with Crippen LogP contribution in [-0.4, -0.2) is 36.1 Å². The van der Waals surface area contributed by atoms with E-state index in [9.17, 15) is 4.79 Å². The summed E-state index contributed by atoms with van der Waals surface area (Å²) < 4.78 is 5.59. The van der Waals surface area contributed by atoms with Gasteiger partial charge in [-0.15, -0.1) is 11.3 Å². The Morgan fingerprint density at radius 1 is 1.50 bits per heavy atom. The van der Waals surface area contributed by atoms with E-state index in [0.29, 0.717) is 23.7 Å². The Hall–Kier alpha value is -1.07. The molecule has 4 nitrogen and oxygen atoms in total. The molecule has 0 radical (unpaired) electrons. The normalized spacial score (nSPS) is 25.8.